The molecule has 2 aromatic carbocycles. The van der Waals surface area contributed by atoms with Crippen LogP contribution in [0.1, 0.15) is 26.3 Å². The van der Waals surface area contributed by atoms with Crippen LogP contribution >= 0.6 is 0 Å². The lowest BCUT2D eigenvalue weighted by Gasteiger charge is -2.22. The zero-order chi connectivity index (χ0) is 14.6. The average Bonchev–Trinajstić information content (AvgIpc) is 2.38. The Morgan fingerprint density at radius 3 is 2.35 bits per heavy atom. The Morgan fingerprint density at radius 2 is 1.70 bits per heavy atom. The predicted octanol–water partition coefficient (Wildman–Crippen LogP) is 4.51. The van der Waals surface area contributed by atoms with Crippen LogP contribution < -0.4 is 10.1 Å². The summed E-state index contributed by atoms with van der Waals surface area (Å²) < 4.78 is 19.8. The largest absolute Gasteiger partial charge is 0.457 e. The number of para-hydroxylation sites is 1. The number of nitrogens with one attached hydrogen (secondary N) is 1. The monoisotopic (exact) mass is 273 g/mol. The summed E-state index contributed by atoms with van der Waals surface area (Å²) in [7, 11) is 0. The molecule has 2 aromatic rings. The summed E-state index contributed by atoms with van der Waals surface area (Å²) in [5, 5.41) is 3.29. The zero-order valence-electron chi connectivity index (χ0n) is 12.1. The fourth-order valence-corrected chi connectivity index (χ4v) is 1.78. The van der Waals surface area contributed by atoms with Gasteiger partial charge in [-0.25, -0.2) is 4.39 Å². The highest BCUT2D eigenvalue weighted by Gasteiger charge is 2.14. The first-order valence-electron chi connectivity index (χ1n) is 6.71. The molecule has 0 saturated heterocycles. The molecule has 0 spiro atoms. The molecule has 0 aromatic heterocycles. The van der Waals surface area contributed by atoms with Gasteiger partial charge in [0.05, 0.1) is 0 Å². The number of benzene rings is 2. The molecule has 2 rings (SSSR count). The molecule has 0 aliphatic carbocycles. The Bertz CT molecular complexity index is 561. The Hall–Kier alpha value is -1.87. The molecule has 3 heteroatoms. The minimum atomic E-state index is -0.254. The molecule has 0 aliphatic heterocycles. The van der Waals surface area contributed by atoms with Crippen molar-refractivity contribution in [3.05, 3.63) is 59.9 Å². The second kappa shape index (κ2) is 6.06. The van der Waals surface area contributed by atoms with Gasteiger partial charge in [0, 0.05) is 17.6 Å². The second-order valence-electron chi connectivity index (χ2n) is 5.74. The van der Waals surface area contributed by atoms with E-state index in [1.165, 1.54) is 6.07 Å². The molecule has 0 atom stereocenters. The highest BCUT2D eigenvalue weighted by molar-refractivity contribution is 5.38. The molecule has 0 saturated carbocycles. The molecule has 0 aliphatic rings. The lowest BCUT2D eigenvalue weighted by Crippen LogP contribution is -2.35. The highest BCUT2D eigenvalue weighted by Crippen LogP contribution is 2.27. The summed E-state index contributed by atoms with van der Waals surface area (Å²) in [6.07, 6.45) is 0. The smallest absolute Gasteiger partial charge is 0.134 e. The lowest BCUT2D eigenvalue weighted by atomic mass is 10.1. The molecular formula is C17H20FNO. The fraction of sp³-hybridized carbons (Fsp3) is 0.294. The van der Waals surface area contributed by atoms with Gasteiger partial charge in [-0.1, -0.05) is 24.3 Å². The SMILES string of the molecule is CC(C)(C)NCc1c(F)cccc1Oc1ccccc1. The van der Waals surface area contributed by atoms with Gasteiger partial charge in [0.2, 0.25) is 0 Å². The minimum absolute atomic E-state index is 0.0771. The van der Waals surface area contributed by atoms with Crippen LogP contribution in [-0.4, -0.2) is 5.54 Å². The minimum Gasteiger partial charge on any atom is -0.457 e. The summed E-state index contributed by atoms with van der Waals surface area (Å²) in [5.74, 6) is 0.998. The standard InChI is InChI=1S/C17H20FNO/c1-17(2,3)19-12-14-15(18)10-7-11-16(14)20-13-8-5-4-6-9-13/h4-11,19H,12H2,1-3H3. The van der Waals surface area contributed by atoms with Crippen molar-refractivity contribution >= 4 is 0 Å². The van der Waals surface area contributed by atoms with Crippen LogP contribution in [0.25, 0.3) is 0 Å². The average molecular weight is 273 g/mol. The number of hydrogen-bond donors (Lipinski definition) is 1. The summed E-state index contributed by atoms with van der Waals surface area (Å²) in [4.78, 5) is 0. The summed E-state index contributed by atoms with van der Waals surface area (Å²) in [6.45, 7) is 6.57. The first-order chi connectivity index (χ1) is 9.46. The van der Waals surface area contributed by atoms with Crippen molar-refractivity contribution in [2.24, 2.45) is 0 Å². The lowest BCUT2D eigenvalue weighted by molar-refractivity contribution is 0.406. The van der Waals surface area contributed by atoms with Crippen LogP contribution in [0.3, 0.4) is 0 Å². The Kier molecular flexibility index (Phi) is 4.40. The van der Waals surface area contributed by atoms with Gasteiger partial charge in [-0.2, -0.15) is 0 Å². The van der Waals surface area contributed by atoms with Gasteiger partial charge in [-0.15, -0.1) is 0 Å². The molecular weight excluding hydrogens is 253 g/mol. The third kappa shape index (κ3) is 4.07. The molecule has 0 amide bonds. The Morgan fingerprint density at radius 1 is 1.00 bits per heavy atom. The first-order valence-corrected chi connectivity index (χ1v) is 6.71. The molecule has 20 heavy (non-hydrogen) atoms. The normalized spacial score (nSPS) is 11.4. The maximum absolute atomic E-state index is 14.0. The quantitative estimate of drug-likeness (QED) is 0.885. The van der Waals surface area contributed by atoms with Crippen molar-refractivity contribution in [3.63, 3.8) is 0 Å². The van der Waals surface area contributed by atoms with Crippen molar-refractivity contribution in [1.29, 1.82) is 0 Å². The summed E-state index contributed by atoms with van der Waals surface area (Å²) in [6, 6.07) is 14.3. The Balaban J connectivity index is 2.22. The summed E-state index contributed by atoms with van der Waals surface area (Å²) in [5.41, 5.74) is 0.470. The van der Waals surface area contributed by atoms with Crippen LogP contribution in [0.4, 0.5) is 4.39 Å². The van der Waals surface area contributed by atoms with E-state index >= 15 is 0 Å². The molecule has 106 valence electrons. The van der Waals surface area contributed by atoms with E-state index in [0.29, 0.717) is 23.6 Å². The number of rotatable bonds is 4. The fourth-order valence-electron chi connectivity index (χ4n) is 1.78. The van der Waals surface area contributed by atoms with Crippen LogP contribution in [-0.2, 0) is 6.54 Å². The van der Waals surface area contributed by atoms with Crippen molar-refractivity contribution < 1.29 is 9.13 Å². The first kappa shape index (κ1) is 14.5. The number of hydrogen-bond acceptors (Lipinski definition) is 2. The van der Waals surface area contributed by atoms with Crippen molar-refractivity contribution in [1.82, 2.24) is 5.32 Å². The molecule has 0 unspecified atom stereocenters. The molecule has 0 fully saturated rings. The van der Waals surface area contributed by atoms with E-state index in [1.54, 1.807) is 12.1 Å². The van der Waals surface area contributed by atoms with Gasteiger partial charge < -0.3 is 10.1 Å². The van der Waals surface area contributed by atoms with Gasteiger partial charge >= 0.3 is 0 Å². The third-order valence-corrected chi connectivity index (χ3v) is 2.84. The maximum atomic E-state index is 14.0. The van der Waals surface area contributed by atoms with Crippen LogP contribution in [0, 0.1) is 5.82 Å². The van der Waals surface area contributed by atoms with Crippen molar-refractivity contribution in [2.45, 2.75) is 32.9 Å². The van der Waals surface area contributed by atoms with E-state index in [-0.39, 0.29) is 11.4 Å². The molecule has 0 heterocycles. The molecule has 2 nitrogen and oxygen atoms in total. The molecule has 1 N–H and O–H groups in total. The molecule has 0 radical (unpaired) electrons. The topological polar surface area (TPSA) is 21.3 Å². The van der Waals surface area contributed by atoms with E-state index in [0.717, 1.165) is 0 Å². The van der Waals surface area contributed by atoms with Crippen molar-refractivity contribution in [2.75, 3.05) is 0 Å². The molecule has 0 bridgehead atoms. The number of halogens is 1. The van der Waals surface area contributed by atoms with Gasteiger partial charge in [-0.05, 0) is 45.0 Å². The van der Waals surface area contributed by atoms with Crippen LogP contribution in [0.15, 0.2) is 48.5 Å². The third-order valence-electron chi connectivity index (χ3n) is 2.84. The second-order valence-corrected chi connectivity index (χ2v) is 5.74. The van der Waals surface area contributed by atoms with E-state index in [1.807, 2.05) is 51.1 Å². The van der Waals surface area contributed by atoms with E-state index in [2.05, 4.69) is 5.32 Å². The van der Waals surface area contributed by atoms with Crippen LogP contribution in [0.5, 0.6) is 11.5 Å². The van der Waals surface area contributed by atoms with E-state index < -0.39 is 0 Å². The maximum Gasteiger partial charge on any atom is 0.134 e. The predicted molar refractivity (Wildman–Crippen MR) is 79.5 cm³/mol. The highest BCUT2D eigenvalue weighted by atomic mass is 19.1. The van der Waals surface area contributed by atoms with Crippen LogP contribution in [0.2, 0.25) is 0 Å². The van der Waals surface area contributed by atoms with Gasteiger partial charge in [0.15, 0.2) is 0 Å². The van der Waals surface area contributed by atoms with Gasteiger partial charge in [-0.3, -0.25) is 0 Å². The van der Waals surface area contributed by atoms with Gasteiger partial charge in [0.1, 0.15) is 17.3 Å². The van der Waals surface area contributed by atoms with Crippen molar-refractivity contribution in [3.8, 4) is 11.5 Å². The number of ether oxygens (including phenoxy) is 1. The van der Waals surface area contributed by atoms with E-state index in [9.17, 15) is 4.39 Å². The Labute approximate surface area is 119 Å². The van der Waals surface area contributed by atoms with E-state index in [4.69, 9.17) is 4.74 Å². The summed E-state index contributed by atoms with van der Waals surface area (Å²) >= 11 is 0. The zero-order valence-corrected chi connectivity index (χ0v) is 12.1. The van der Waals surface area contributed by atoms with Gasteiger partial charge in [0.25, 0.3) is 0 Å².